The summed E-state index contributed by atoms with van der Waals surface area (Å²) < 4.78 is 17.9. The quantitative estimate of drug-likeness (QED) is 0.683. The van der Waals surface area contributed by atoms with Crippen LogP contribution in [0.15, 0.2) is 36.4 Å². The van der Waals surface area contributed by atoms with Crippen LogP contribution in [0.2, 0.25) is 0 Å². The summed E-state index contributed by atoms with van der Waals surface area (Å²) in [6.07, 6.45) is 0. The highest BCUT2D eigenvalue weighted by Gasteiger charge is 2.21. The van der Waals surface area contributed by atoms with E-state index in [1.165, 1.54) is 0 Å². The number of ether oxygens (including phenoxy) is 3. The highest BCUT2D eigenvalue weighted by molar-refractivity contribution is 5.84. The van der Waals surface area contributed by atoms with Gasteiger partial charge in [0.25, 0.3) is 0 Å². The van der Waals surface area contributed by atoms with Gasteiger partial charge < -0.3 is 18.8 Å². The second-order valence-corrected chi connectivity index (χ2v) is 5.84. The van der Waals surface area contributed by atoms with E-state index in [-0.39, 0.29) is 19.3 Å². The van der Waals surface area contributed by atoms with Crippen LogP contribution >= 0.6 is 0 Å². The van der Waals surface area contributed by atoms with Crippen LogP contribution in [-0.4, -0.2) is 28.9 Å². The van der Waals surface area contributed by atoms with Gasteiger partial charge >= 0.3 is 5.97 Å². The number of carbonyl (C=O) groups excluding carboxylic acids is 1. The molecule has 6 nitrogen and oxygen atoms in total. The molecule has 0 saturated carbocycles. The van der Waals surface area contributed by atoms with E-state index >= 15 is 0 Å². The molecule has 0 atom stereocenters. The molecule has 0 bridgehead atoms. The Hall–Kier alpha value is -3.02. The Bertz CT molecular complexity index is 961. The average Bonchev–Trinajstić information content (AvgIpc) is 3.19. The molecule has 25 heavy (non-hydrogen) atoms. The smallest absolute Gasteiger partial charge is 0.326 e. The fraction of sp³-hybridized carbons (Fsp3) is 0.263. The van der Waals surface area contributed by atoms with E-state index in [9.17, 15) is 4.79 Å². The van der Waals surface area contributed by atoms with Crippen LogP contribution < -0.4 is 9.47 Å². The van der Waals surface area contributed by atoms with Crippen molar-refractivity contribution in [3.63, 3.8) is 0 Å². The van der Waals surface area contributed by atoms with Gasteiger partial charge in [-0.3, -0.25) is 4.79 Å². The Morgan fingerprint density at radius 1 is 1.24 bits per heavy atom. The number of nitrogens with zero attached hydrogens (tertiary/aromatic N) is 2. The molecule has 0 unspecified atom stereocenters. The summed E-state index contributed by atoms with van der Waals surface area (Å²) in [4.78, 5) is 16.8. The number of para-hydroxylation sites is 2. The summed E-state index contributed by atoms with van der Waals surface area (Å²) in [7, 11) is 0. The van der Waals surface area contributed by atoms with Crippen LogP contribution in [0.3, 0.4) is 0 Å². The molecular formula is C19H18N2O4. The largest absolute Gasteiger partial charge is 0.465 e. The minimum atomic E-state index is -0.287. The number of esters is 1. The number of aryl methyl sites for hydroxylation is 1. The summed E-state index contributed by atoms with van der Waals surface area (Å²) in [5.74, 6) is 1.85. The van der Waals surface area contributed by atoms with E-state index in [0.717, 1.165) is 27.9 Å². The van der Waals surface area contributed by atoms with Gasteiger partial charge in [0.1, 0.15) is 12.4 Å². The number of hydrogen-bond donors (Lipinski definition) is 0. The number of aromatic nitrogens is 2. The van der Waals surface area contributed by atoms with E-state index in [4.69, 9.17) is 19.2 Å². The molecule has 0 fully saturated rings. The molecule has 1 aliphatic heterocycles. The van der Waals surface area contributed by atoms with E-state index < -0.39 is 0 Å². The van der Waals surface area contributed by atoms with Gasteiger partial charge in [0, 0.05) is 5.56 Å². The normalized spacial score (nSPS) is 12.6. The number of imidazole rings is 1. The zero-order valence-corrected chi connectivity index (χ0v) is 14.1. The third-order valence-corrected chi connectivity index (χ3v) is 4.21. The van der Waals surface area contributed by atoms with Crippen molar-refractivity contribution in [2.24, 2.45) is 0 Å². The Kier molecular flexibility index (Phi) is 3.80. The maximum Gasteiger partial charge on any atom is 0.326 e. The molecule has 0 aliphatic carbocycles. The van der Waals surface area contributed by atoms with Gasteiger partial charge in [-0.15, -0.1) is 0 Å². The van der Waals surface area contributed by atoms with Gasteiger partial charge in [-0.05, 0) is 43.7 Å². The highest BCUT2D eigenvalue weighted by Crippen LogP contribution is 2.39. The number of fused-ring (bicyclic) bond motifs is 2. The van der Waals surface area contributed by atoms with Crippen molar-refractivity contribution >= 4 is 17.0 Å². The number of rotatable bonds is 4. The van der Waals surface area contributed by atoms with Gasteiger partial charge in [-0.1, -0.05) is 12.1 Å². The van der Waals surface area contributed by atoms with Crippen LogP contribution in [0.1, 0.15) is 12.5 Å². The SMILES string of the molecule is CCOC(=O)Cn1c(-c2cc3c(cc2C)OCO3)nc2ccccc21. The first kappa shape index (κ1) is 15.5. The second-order valence-electron chi connectivity index (χ2n) is 5.84. The molecule has 1 aliphatic rings. The molecule has 2 heterocycles. The number of benzene rings is 2. The lowest BCUT2D eigenvalue weighted by Crippen LogP contribution is -2.14. The molecule has 6 heteroatoms. The predicted molar refractivity (Wildman–Crippen MR) is 92.7 cm³/mol. The van der Waals surface area contributed by atoms with Crippen molar-refractivity contribution in [2.75, 3.05) is 13.4 Å². The molecule has 0 radical (unpaired) electrons. The lowest BCUT2D eigenvalue weighted by molar-refractivity contribution is -0.143. The summed E-state index contributed by atoms with van der Waals surface area (Å²) >= 11 is 0. The molecule has 0 spiro atoms. The third-order valence-electron chi connectivity index (χ3n) is 4.21. The van der Waals surface area contributed by atoms with Gasteiger partial charge in [0.15, 0.2) is 11.5 Å². The van der Waals surface area contributed by atoms with Gasteiger partial charge in [0.05, 0.1) is 17.6 Å². The van der Waals surface area contributed by atoms with Crippen molar-refractivity contribution < 1.29 is 19.0 Å². The van der Waals surface area contributed by atoms with Gasteiger partial charge in [-0.2, -0.15) is 0 Å². The summed E-state index contributed by atoms with van der Waals surface area (Å²) in [5.41, 5.74) is 3.64. The zero-order valence-electron chi connectivity index (χ0n) is 14.1. The molecular weight excluding hydrogens is 320 g/mol. The lowest BCUT2D eigenvalue weighted by atomic mass is 10.1. The topological polar surface area (TPSA) is 62.6 Å². The maximum atomic E-state index is 12.1. The lowest BCUT2D eigenvalue weighted by Gasteiger charge is -2.11. The maximum absolute atomic E-state index is 12.1. The molecule has 128 valence electrons. The van der Waals surface area contributed by atoms with Crippen LogP contribution in [0.5, 0.6) is 11.5 Å². The fourth-order valence-corrected chi connectivity index (χ4v) is 3.06. The van der Waals surface area contributed by atoms with Crippen LogP contribution in [0, 0.1) is 6.92 Å². The summed E-state index contributed by atoms with van der Waals surface area (Å²) in [5, 5.41) is 0. The average molecular weight is 338 g/mol. The van der Waals surface area contributed by atoms with E-state index in [1.807, 2.05) is 47.9 Å². The zero-order chi connectivity index (χ0) is 17.4. The first-order valence-electron chi connectivity index (χ1n) is 8.19. The van der Waals surface area contributed by atoms with Crippen LogP contribution in [0.4, 0.5) is 0 Å². The van der Waals surface area contributed by atoms with Crippen LogP contribution in [0.25, 0.3) is 22.4 Å². The van der Waals surface area contributed by atoms with Crippen molar-refractivity contribution in [1.29, 1.82) is 0 Å². The first-order chi connectivity index (χ1) is 12.2. The van der Waals surface area contributed by atoms with E-state index in [1.54, 1.807) is 6.92 Å². The monoisotopic (exact) mass is 338 g/mol. The number of hydrogen-bond acceptors (Lipinski definition) is 5. The molecule has 3 aromatic rings. The van der Waals surface area contributed by atoms with Gasteiger partial charge in [-0.25, -0.2) is 4.98 Å². The van der Waals surface area contributed by atoms with Crippen LogP contribution in [-0.2, 0) is 16.1 Å². The molecule has 4 rings (SSSR count). The standard InChI is InChI=1S/C19H18N2O4/c1-3-23-18(22)10-21-15-7-5-4-6-14(15)20-19(21)13-9-17-16(8-12(13)2)24-11-25-17/h4-9H,3,10-11H2,1-2H3. The Morgan fingerprint density at radius 2 is 2.00 bits per heavy atom. The molecule has 0 N–H and O–H groups in total. The Morgan fingerprint density at radius 3 is 2.80 bits per heavy atom. The second kappa shape index (κ2) is 6.12. The Balaban J connectivity index is 1.88. The Labute approximate surface area is 144 Å². The predicted octanol–water partition coefficient (Wildman–Crippen LogP) is 3.30. The van der Waals surface area contributed by atoms with E-state index in [2.05, 4.69) is 0 Å². The molecule has 0 amide bonds. The molecule has 0 saturated heterocycles. The number of carbonyl (C=O) groups is 1. The van der Waals surface area contributed by atoms with Crippen molar-refractivity contribution in [1.82, 2.24) is 9.55 Å². The van der Waals surface area contributed by atoms with Crippen molar-refractivity contribution in [2.45, 2.75) is 20.4 Å². The van der Waals surface area contributed by atoms with Crippen molar-refractivity contribution in [3.8, 4) is 22.9 Å². The van der Waals surface area contributed by atoms with E-state index in [0.29, 0.717) is 18.2 Å². The molecule has 2 aromatic carbocycles. The summed E-state index contributed by atoms with van der Waals surface area (Å²) in [6, 6.07) is 11.6. The minimum Gasteiger partial charge on any atom is -0.465 e. The summed E-state index contributed by atoms with van der Waals surface area (Å²) in [6.45, 7) is 4.47. The molecule has 1 aromatic heterocycles. The highest BCUT2D eigenvalue weighted by atomic mass is 16.7. The third kappa shape index (κ3) is 2.69. The minimum absolute atomic E-state index is 0.109. The fourth-order valence-electron chi connectivity index (χ4n) is 3.06. The van der Waals surface area contributed by atoms with Crippen molar-refractivity contribution in [3.05, 3.63) is 42.0 Å². The van der Waals surface area contributed by atoms with Gasteiger partial charge in [0.2, 0.25) is 6.79 Å². The first-order valence-corrected chi connectivity index (χ1v) is 8.19.